The molecular weight excluding hydrogens is 352 g/mol. The van der Waals surface area contributed by atoms with E-state index >= 15 is 0 Å². The molecule has 2 aromatic carbocycles. The molecule has 1 heterocycles. The molecule has 1 aliphatic heterocycles. The number of carboxylic acid groups (broad SMARTS) is 1. The normalized spacial score (nSPS) is 18.7. The second kappa shape index (κ2) is 9.01. The minimum atomic E-state index is -0.788. The molecule has 26 heavy (non-hydrogen) atoms. The lowest BCUT2D eigenvalue weighted by Gasteiger charge is -2.36. The van der Waals surface area contributed by atoms with Gasteiger partial charge in [0, 0.05) is 18.2 Å². The van der Waals surface area contributed by atoms with E-state index in [0.29, 0.717) is 18.5 Å². The number of likely N-dealkylation sites (tertiary alicyclic amines) is 1. The molecule has 2 atom stereocenters. The zero-order valence-electron chi connectivity index (χ0n) is 14.9. The number of fused-ring (bicyclic) bond motifs is 1. The average Bonchev–Trinajstić information content (AvgIpc) is 2.62. The predicted molar refractivity (Wildman–Crippen MR) is 105 cm³/mol. The van der Waals surface area contributed by atoms with Gasteiger partial charge in [0.05, 0.1) is 0 Å². The largest absolute Gasteiger partial charge is 0.480 e. The molecule has 0 aliphatic carbocycles. The number of aliphatic carboxylic acids is 1. The molecule has 3 rings (SSSR count). The fourth-order valence-corrected chi connectivity index (χ4v) is 3.60. The summed E-state index contributed by atoms with van der Waals surface area (Å²) in [5.74, 6) is -0.884. The van der Waals surface area contributed by atoms with Crippen molar-refractivity contribution in [2.24, 2.45) is 0 Å². The van der Waals surface area contributed by atoms with Gasteiger partial charge in [-0.05, 0) is 48.7 Å². The van der Waals surface area contributed by atoms with Crippen LogP contribution in [0.1, 0.15) is 36.5 Å². The van der Waals surface area contributed by atoms with E-state index in [0.717, 1.165) is 30.2 Å². The minimum absolute atomic E-state index is 0. The number of carbonyl (C=O) groups is 2. The molecule has 1 aliphatic rings. The highest BCUT2D eigenvalue weighted by Gasteiger charge is 2.29. The van der Waals surface area contributed by atoms with Gasteiger partial charge >= 0.3 is 5.97 Å². The van der Waals surface area contributed by atoms with Gasteiger partial charge in [0.15, 0.2) is 0 Å². The zero-order chi connectivity index (χ0) is 17.8. The van der Waals surface area contributed by atoms with E-state index in [-0.39, 0.29) is 24.4 Å². The first-order chi connectivity index (χ1) is 12.1. The Balaban J connectivity index is 0.00000243. The third kappa shape index (κ3) is 4.54. The molecule has 6 heteroatoms. The molecular formula is C20H25ClN2O3. The molecule has 0 radical (unpaired) electrons. The topological polar surface area (TPSA) is 69.6 Å². The van der Waals surface area contributed by atoms with Crippen LogP contribution in [0.3, 0.4) is 0 Å². The van der Waals surface area contributed by atoms with E-state index in [9.17, 15) is 14.7 Å². The summed E-state index contributed by atoms with van der Waals surface area (Å²) in [5.41, 5.74) is 0.640. The Morgan fingerprint density at radius 2 is 1.96 bits per heavy atom. The van der Waals surface area contributed by atoms with E-state index in [1.807, 2.05) is 54.3 Å². The Bertz CT molecular complexity index is 780. The van der Waals surface area contributed by atoms with Crippen LogP contribution in [0.25, 0.3) is 10.8 Å². The molecule has 2 aromatic rings. The number of hydrogen-bond acceptors (Lipinski definition) is 3. The molecule has 5 nitrogen and oxygen atoms in total. The number of rotatable bonds is 5. The monoisotopic (exact) mass is 376 g/mol. The number of amides is 1. The molecule has 0 aromatic heterocycles. The van der Waals surface area contributed by atoms with Crippen molar-refractivity contribution in [3.05, 3.63) is 48.0 Å². The van der Waals surface area contributed by atoms with Crippen molar-refractivity contribution in [2.75, 3.05) is 13.1 Å². The maximum absolute atomic E-state index is 12.6. The summed E-state index contributed by atoms with van der Waals surface area (Å²) in [6.45, 7) is 3.24. The highest BCUT2D eigenvalue weighted by molar-refractivity contribution is 5.98. The van der Waals surface area contributed by atoms with Crippen LogP contribution in [-0.2, 0) is 4.79 Å². The van der Waals surface area contributed by atoms with Crippen molar-refractivity contribution in [1.82, 2.24) is 10.2 Å². The van der Waals surface area contributed by atoms with E-state index < -0.39 is 12.0 Å². The van der Waals surface area contributed by atoms with E-state index in [1.54, 1.807) is 0 Å². The predicted octanol–water partition coefficient (Wildman–Crippen LogP) is 3.32. The van der Waals surface area contributed by atoms with Crippen molar-refractivity contribution < 1.29 is 14.7 Å². The number of halogens is 1. The smallest absolute Gasteiger partial charge is 0.320 e. The second-order valence-electron chi connectivity index (χ2n) is 6.63. The first-order valence-electron chi connectivity index (χ1n) is 8.85. The van der Waals surface area contributed by atoms with Gasteiger partial charge in [-0.3, -0.25) is 14.5 Å². The first kappa shape index (κ1) is 20.2. The molecule has 1 fully saturated rings. The lowest BCUT2D eigenvalue weighted by Crippen LogP contribution is -2.52. The number of piperidine rings is 1. The molecule has 2 N–H and O–H groups in total. The number of carboxylic acids is 1. The third-order valence-corrected chi connectivity index (χ3v) is 4.91. The van der Waals surface area contributed by atoms with Crippen molar-refractivity contribution in [3.63, 3.8) is 0 Å². The molecule has 1 amide bonds. The number of nitrogens with one attached hydrogen (secondary N) is 1. The quantitative estimate of drug-likeness (QED) is 0.839. The number of nitrogens with zero attached hydrogens (tertiary/aromatic N) is 1. The fraction of sp³-hybridized carbons (Fsp3) is 0.400. The van der Waals surface area contributed by atoms with Gasteiger partial charge < -0.3 is 10.4 Å². The molecule has 2 unspecified atom stereocenters. The maximum atomic E-state index is 12.6. The zero-order valence-corrected chi connectivity index (χ0v) is 15.7. The summed E-state index contributed by atoms with van der Waals surface area (Å²) in [6, 6.07) is 13.2. The van der Waals surface area contributed by atoms with Crippen molar-refractivity contribution in [2.45, 2.75) is 38.3 Å². The van der Waals surface area contributed by atoms with Crippen LogP contribution in [0.5, 0.6) is 0 Å². The summed E-state index contributed by atoms with van der Waals surface area (Å²) < 4.78 is 0. The lowest BCUT2D eigenvalue weighted by molar-refractivity contribution is -0.144. The average molecular weight is 377 g/mol. The van der Waals surface area contributed by atoms with Crippen molar-refractivity contribution in [1.29, 1.82) is 0 Å². The number of benzene rings is 2. The first-order valence-corrected chi connectivity index (χ1v) is 8.85. The number of hydrogen-bond donors (Lipinski definition) is 2. The van der Waals surface area contributed by atoms with Gasteiger partial charge in [-0.2, -0.15) is 0 Å². The summed E-state index contributed by atoms with van der Waals surface area (Å²) in [6.07, 6.45) is 2.35. The summed E-state index contributed by atoms with van der Waals surface area (Å²) in [4.78, 5) is 25.9. The second-order valence-corrected chi connectivity index (χ2v) is 6.63. The highest BCUT2D eigenvalue weighted by atomic mass is 35.5. The standard InChI is InChI=1S/C20H24N2O3.ClH/c1-2-18(20(24)25)22-11-5-8-17(13-22)21-19(23)16-10-9-14-6-3-4-7-15(14)12-16;/h3-4,6-7,9-10,12,17-18H,2,5,8,11,13H2,1H3,(H,21,23)(H,24,25);1H. The third-order valence-electron chi connectivity index (χ3n) is 4.91. The molecule has 0 spiro atoms. The van der Waals surface area contributed by atoms with Crippen LogP contribution in [0.2, 0.25) is 0 Å². The number of carbonyl (C=O) groups excluding carboxylic acids is 1. The van der Waals surface area contributed by atoms with Gasteiger partial charge in [-0.1, -0.05) is 37.3 Å². The Morgan fingerprint density at radius 3 is 2.65 bits per heavy atom. The Morgan fingerprint density at radius 1 is 1.23 bits per heavy atom. The van der Waals surface area contributed by atoms with Crippen molar-refractivity contribution >= 4 is 35.1 Å². The van der Waals surface area contributed by atoms with Crippen LogP contribution in [-0.4, -0.2) is 47.1 Å². The summed E-state index contributed by atoms with van der Waals surface area (Å²) >= 11 is 0. The van der Waals surface area contributed by atoms with Crippen LogP contribution >= 0.6 is 12.4 Å². The van der Waals surface area contributed by atoms with Crippen LogP contribution in [0, 0.1) is 0 Å². The summed E-state index contributed by atoms with van der Waals surface area (Å²) in [5, 5.41) is 14.6. The van der Waals surface area contributed by atoms with Gasteiger partial charge in [-0.25, -0.2) is 0 Å². The molecule has 0 saturated carbocycles. The highest BCUT2D eigenvalue weighted by Crippen LogP contribution is 2.18. The van der Waals surface area contributed by atoms with Crippen LogP contribution in [0.15, 0.2) is 42.5 Å². The fourth-order valence-electron chi connectivity index (χ4n) is 3.60. The van der Waals surface area contributed by atoms with E-state index in [4.69, 9.17) is 0 Å². The Kier molecular flexibility index (Phi) is 7.00. The van der Waals surface area contributed by atoms with Crippen LogP contribution < -0.4 is 5.32 Å². The van der Waals surface area contributed by atoms with Crippen molar-refractivity contribution in [3.8, 4) is 0 Å². The lowest BCUT2D eigenvalue weighted by atomic mass is 10.0. The van der Waals surface area contributed by atoms with Gasteiger partial charge in [-0.15, -0.1) is 12.4 Å². The van der Waals surface area contributed by atoms with Crippen LogP contribution in [0.4, 0.5) is 0 Å². The SMILES string of the molecule is CCC(C(=O)O)N1CCCC(NC(=O)c2ccc3ccccc3c2)C1.Cl. The van der Waals surface area contributed by atoms with Gasteiger partial charge in [0.2, 0.25) is 0 Å². The maximum Gasteiger partial charge on any atom is 0.320 e. The van der Waals surface area contributed by atoms with E-state index in [1.165, 1.54) is 0 Å². The van der Waals surface area contributed by atoms with Gasteiger partial charge in [0.1, 0.15) is 6.04 Å². The van der Waals surface area contributed by atoms with Gasteiger partial charge in [0.25, 0.3) is 5.91 Å². The Labute approximate surface area is 159 Å². The van der Waals surface area contributed by atoms with E-state index in [2.05, 4.69) is 5.32 Å². The molecule has 140 valence electrons. The minimum Gasteiger partial charge on any atom is -0.480 e. The molecule has 0 bridgehead atoms. The Hall–Kier alpha value is -2.11. The molecule has 1 saturated heterocycles. The summed E-state index contributed by atoms with van der Waals surface area (Å²) in [7, 11) is 0.